The van der Waals surface area contributed by atoms with Crippen molar-refractivity contribution in [1.29, 1.82) is 0 Å². The molecule has 0 atom stereocenters. The zero-order chi connectivity index (χ0) is 13.0. The number of aromatic hydroxyl groups is 1. The highest BCUT2D eigenvalue weighted by atomic mass is 16.3. The van der Waals surface area contributed by atoms with E-state index in [2.05, 4.69) is 5.32 Å². The fraction of sp³-hybridized carbons (Fsp3) is 0.500. The molecule has 1 aromatic rings. The van der Waals surface area contributed by atoms with Crippen LogP contribution in [0, 0.1) is 0 Å². The number of hydrogen-bond donors (Lipinski definition) is 3. The summed E-state index contributed by atoms with van der Waals surface area (Å²) in [7, 11) is 0. The van der Waals surface area contributed by atoms with Gasteiger partial charge in [-0.2, -0.15) is 0 Å². The number of aliphatic hydroxyl groups excluding tert-OH is 1. The van der Waals surface area contributed by atoms with Crippen LogP contribution in [0.1, 0.15) is 31.2 Å². The first-order chi connectivity index (χ1) is 8.63. The van der Waals surface area contributed by atoms with Gasteiger partial charge in [0.05, 0.1) is 18.6 Å². The molecule has 0 radical (unpaired) electrons. The van der Waals surface area contributed by atoms with Crippen molar-refractivity contribution in [2.75, 3.05) is 6.61 Å². The summed E-state index contributed by atoms with van der Waals surface area (Å²) in [5.41, 5.74) is 0.354. The van der Waals surface area contributed by atoms with E-state index in [4.69, 9.17) is 0 Å². The van der Waals surface area contributed by atoms with E-state index in [0.717, 1.165) is 31.2 Å². The molecule has 0 heterocycles. The van der Waals surface area contributed by atoms with Crippen molar-refractivity contribution in [2.45, 2.75) is 37.6 Å². The first kappa shape index (κ1) is 12.9. The molecular weight excluding hydrogens is 230 g/mol. The van der Waals surface area contributed by atoms with E-state index < -0.39 is 5.54 Å². The van der Waals surface area contributed by atoms with Gasteiger partial charge in [-0.1, -0.05) is 25.0 Å². The van der Waals surface area contributed by atoms with Crippen LogP contribution in [0.2, 0.25) is 0 Å². The van der Waals surface area contributed by atoms with Crippen molar-refractivity contribution in [1.82, 2.24) is 5.32 Å². The molecule has 0 aromatic heterocycles. The molecule has 1 amide bonds. The van der Waals surface area contributed by atoms with Crippen molar-refractivity contribution in [2.24, 2.45) is 0 Å². The van der Waals surface area contributed by atoms with Crippen molar-refractivity contribution in [3.05, 3.63) is 29.8 Å². The third-order valence-corrected chi connectivity index (χ3v) is 3.54. The van der Waals surface area contributed by atoms with Crippen LogP contribution < -0.4 is 5.32 Å². The summed E-state index contributed by atoms with van der Waals surface area (Å²) in [5, 5.41) is 21.7. The highest BCUT2D eigenvalue weighted by molar-refractivity contribution is 5.79. The number of benzene rings is 1. The minimum Gasteiger partial charge on any atom is -0.508 e. The molecule has 4 heteroatoms. The van der Waals surface area contributed by atoms with Gasteiger partial charge in [0.15, 0.2) is 0 Å². The molecule has 0 spiro atoms. The minimum atomic E-state index is -0.423. The van der Waals surface area contributed by atoms with Gasteiger partial charge < -0.3 is 15.5 Å². The zero-order valence-corrected chi connectivity index (χ0v) is 10.4. The Bertz CT molecular complexity index is 425. The molecule has 4 nitrogen and oxygen atoms in total. The Hall–Kier alpha value is -1.55. The van der Waals surface area contributed by atoms with E-state index >= 15 is 0 Å². The highest BCUT2D eigenvalue weighted by Crippen LogP contribution is 2.29. The van der Waals surface area contributed by atoms with Gasteiger partial charge in [0.25, 0.3) is 0 Å². The fourth-order valence-corrected chi connectivity index (χ4v) is 2.57. The number of nitrogens with one attached hydrogen (secondary N) is 1. The number of carbonyl (C=O) groups is 1. The molecule has 2 rings (SSSR count). The summed E-state index contributed by atoms with van der Waals surface area (Å²) in [4.78, 5) is 11.9. The molecule has 1 fully saturated rings. The quantitative estimate of drug-likeness (QED) is 0.754. The third kappa shape index (κ3) is 3.01. The topological polar surface area (TPSA) is 69.6 Å². The van der Waals surface area contributed by atoms with Crippen molar-refractivity contribution in [3.8, 4) is 5.75 Å². The maximum Gasteiger partial charge on any atom is 0.224 e. The van der Waals surface area contributed by atoms with Crippen LogP contribution in [0.4, 0.5) is 0 Å². The largest absolute Gasteiger partial charge is 0.508 e. The molecule has 98 valence electrons. The molecule has 1 aromatic carbocycles. The predicted octanol–water partition coefficient (Wildman–Crippen LogP) is 1.36. The summed E-state index contributed by atoms with van der Waals surface area (Å²) in [6.07, 6.45) is 4.01. The van der Waals surface area contributed by atoms with Crippen LogP contribution in [0.25, 0.3) is 0 Å². The van der Waals surface area contributed by atoms with Gasteiger partial charge in [-0.25, -0.2) is 0 Å². The van der Waals surface area contributed by atoms with Crippen molar-refractivity contribution >= 4 is 5.91 Å². The summed E-state index contributed by atoms with van der Waals surface area (Å²) in [6.45, 7) is -0.00121. The number of phenolic OH excluding ortho intramolecular Hbond substituents is 1. The van der Waals surface area contributed by atoms with Gasteiger partial charge >= 0.3 is 0 Å². The molecular formula is C14H19NO3. The lowest BCUT2D eigenvalue weighted by atomic mass is 9.98. The smallest absolute Gasteiger partial charge is 0.224 e. The average Bonchev–Trinajstić information content (AvgIpc) is 2.78. The monoisotopic (exact) mass is 249 g/mol. The maximum absolute atomic E-state index is 11.9. The molecule has 1 aliphatic carbocycles. The van der Waals surface area contributed by atoms with E-state index in [1.165, 1.54) is 0 Å². The Labute approximate surface area is 107 Å². The standard InChI is InChI=1S/C14H19NO3/c16-10-14(6-1-2-7-14)15-13(18)9-11-4-3-5-12(17)8-11/h3-5,8,16-17H,1-2,6-7,9-10H2,(H,15,18). The minimum absolute atomic E-state index is 0.00121. The normalized spacial score (nSPS) is 17.6. The number of phenols is 1. The van der Waals surface area contributed by atoms with E-state index in [1.54, 1.807) is 24.3 Å². The predicted molar refractivity (Wildman–Crippen MR) is 68.2 cm³/mol. The Morgan fingerprint density at radius 2 is 2.06 bits per heavy atom. The number of carbonyl (C=O) groups excluding carboxylic acids is 1. The van der Waals surface area contributed by atoms with Crippen LogP contribution in [0.15, 0.2) is 24.3 Å². The first-order valence-corrected chi connectivity index (χ1v) is 6.33. The molecule has 0 bridgehead atoms. The molecule has 3 N–H and O–H groups in total. The van der Waals surface area contributed by atoms with E-state index in [1.807, 2.05) is 0 Å². The Kier molecular flexibility index (Phi) is 3.87. The zero-order valence-electron chi connectivity index (χ0n) is 10.4. The van der Waals surface area contributed by atoms with Crippen LogP contribution in [0.3, 0.4) is 0 Å². The number of rotatable bonds is 4. The first-order valence-electron chi connectivity index (χ1n) is 6.33. The molecule has 1 saturated carbocycles. The number of amides is 1. The second-order valence-corrected chi connectivity index (χ2v) is 5.04. The molecule has 0 unspecified atom stereocenters. The second-order valence-electron chi connectivity index (χ2n) is 5.04. The highest BCUT2D eigenvalue weighted by Gasteiger charge is 2.34. The Morgan fingerprint density at radius 3 is 2.67 bits per heavy atom. The summed E-state index contributed by atoms with van der Waals surface area (Å²) >= 11 is 0. The Balaban J connectivity index is 1.96. The average molecular weight is 249 g/mol. The maximum atomic E-state index is 11.9. The number of hydrogen-bond acceptors (Lipinski definition) is 3. The summed E-state index contributed by atoms with van der Waals surface area (Å²) in [6, 6.07) is 6.68. The van der Waals surface area contributed by atoms with E-state index in [9.17, 15) is 15.0 Å². The SMILES string of the molecule is O=C(Cc1cccc(O)c1)NC1(CO)CCCC1. The molecule has 0 saturated heterocycles. The van der Waals surface area contributed by atoms with Crippen LogP contribution in [0.5, 0.6) is 5.75 Å². The van der Waals surface area contributed by atoms with E-state index in [-0.39, 0.29) is 24.7 Å². The lowest BCUT2D eigenvalue weighted by molar-refractivity contribution is -0.122. The van der Waals surface area contributed by atoms with Gasteiger partial charge in [-0.15, -0.1) is 0 Å². The van der Waals surface area contributed by atoms with Gasteiger partial charge in [-0.3, -0.25) is 4.79 Å². The lowest BCUT2D eigenvalue weighted by Gasteiger charge is -2.28. The van der Waals surface area contributed by atoms with Gasteiger partial charge in [0.1, 0.15) is 5.75 Å². The number of aliphatic hydroxyl groups is 1. The molecule has 1 aliphatic rings. The van der Waals surface area contributed by atoms with Crippen LogP contribution in [-0.2, 0) is 11.2 Å². The summed E-state index contributed by atoms with van der Waals surface area (Å²) in [5.74, 6) is 0.0644. The van der Waals surface area contributed by atoms with Crippen LogP contribution in [-0.4, -0.2) is 28.3 Å². The molecule has 18 heavy (non-hydrogen) atoms. The third-order valence-electron chi connectivity index (χ3n) is 3.54. The van der Waals surface area contributed by atoms with Crippen LogP contribution >= 0.6 is 0 Å². The Morgan fingerprint density at radius 1 is 1.33 bits per heavy atom. The summed E-state index contributed by atoms with van der Waals surface area (Å²) < 4.78 is 0. The van der Waals surface area contributed by atoms with Crippen molar-refractivity contribution in [3.63, 3.8) is 0 Å². The van der Waals surface area contributed by atoms with Crippen molar-refractivity contribution < 1.29 is 15.0 Å². The molecule has 0 aliphatic heterocycles. The lowest BCUT2D eigenvalue weighted by Crippen LogP contribution is -2.49. The fourth-order valence-electron chi connectivity index (χ4n) is 2.57. The van der Waals surface area contributed by atoms with E-state index in [0.29, 0.717) is 0 Å². The van der Waals surface area contributed by atoms with Gasteiger partial charge in [0.2, 0.25) is 5.91 Å². The van der Waals surface area contributed by atoms with Gasteiger partial charge in [0, 0.05) is 0 Å². The van der Waals surface area contributed by atoms with Gasteiger partial charge in [-0.05, 0) is 30.5 Å². The second kappa shape index (κ2) is 5.40.